The van der Waals surface area contributed by atoms with Crippen molar-refractivity contribution in [1.29, 1.82) is 0 Å². The van der Waals surface area contributed by atoms with Gasteiger partial charge < -0.3 is 5.32 Å². The summed E-state index contributed by atoms with van der Waals surface area (Å²) in [5.41, 5.74) is 0. The molecule has 102 valence electrons. The smallest absolute Gasteiger partial charge is 0.0220 e. The second-order valence-corrected chi connectivity index (χ2v) is 5.40. The van der Waals surface area contributed by atoms with Gasteiger partial charge in [0.1, 0.15) is 0 Å². The van der Waals surface area contributed by atoms with Crippen molar-refractivity contribution in [2.75, 3.05) is 26.2 Å². The van der Waals surface area contributed by atoms with Crippen LogP contribution in [0.5, 0.6) is 0 Å². The van der Waals surface area contributed by atoms with Gasteiger partial charge in [-0.2, -0.15) is 0 Å². The SMILES string of the molecule is CCCCCCCCN(CC)C1CCCNC1. The Kier molecular flexibility index (Phi) is 8.72. The Balaban J connectivity index is 2.05. The van der Waals surface area contributed by atoms with Crippen molar-refractivity contribution in [3.8, 4) is 0 Å². The van der Waals surface area contributed by atoms with Crippen LogP contribution in [0.2, 0.25) is 0 Å². The van der Waals surface area contributed by atoms with Crippen LogP contribution in [-0.4, -0.2) is 37.1 Å². The van der Waals surface area contributed by atoms with Crippen LogP contribution in [0.1, 0.15) is 65.2 Å². The van der Waals surface area contributed by atoms with Crippen molar-refractivity contribution in [2.45, 2.75) is 71.3 Å². The van der Waals surface area contributed by atoms with Crippen molar-refractivity contribution in [2.24, 2.45) is 0 Å². The highest BCUT2D eigenvalue weighted by atomic mass is 15.2. The van der Waals surface area contributed by atoms with Crippen LogP contribution in [0.25, 0.3) is 0 Å². The third-order valence-corrected chi connectivity index (χ3v) is 3.99. The lowest BCUT2D eigenvalue weighted by Gasteiger charge is -2.33. The standard InChI is InChI=1S/C15H32N2/c1-3-5-6-7-8-9-13-17(4-2)15-11-10-12-16-14-15/h15-16H,3-14H2,1-2H3. The molecular weight excluding hydrogens is 208 g/mol. The van der Waals surface area contributed by atoms with E-state index < -0.39 is 0 Å². The zero-order chi connectivity index (χ0) is 12.3. The molecule has 0 aromatic rings. The number of piperidine rings is 1. The van der Waals surface area contributed by atoms with Crippen LogP contribution in [0.4, 0.5) is 0 Å². The molecule has 1 atom stereocenters. The van der Waals surface area contributed by atoms with E-state index in [1.807, 2.05) is 0 Å². The third-order valence-electron chi connectivity index (χ3n) is 3.99. The summed E-state index contributed by atoms with van der Waals surface area (Å²) in [6, 6.07) is 0.810. The van der Waals surface area contributed by atoms with Gasteiger partial charge in [0.15, 0.2) is 0 Å². The van der Waals surface area contributed by atoms with E-state index in [1.165, 1.54) is 77.5 Å². The predicted octanol–water partition coefficient (Wildman–Crippen LogP) is 3.42. The Morgan fingerprint density at radius 1 is 1.06 bits per heavy atom. The number of nitrogens with zero attached hydrogens (tertiary/aromatic N) is 1. The van der Waals surface area contributed by atoms with Crippen molar-refractivity contribution < 1.29 is 0 Å². The first-order valence-electron chi connectivity index (χ1n) is 7.83. The van der Waals surface area contributed by atoms with Gasteiger partial charge in [0.2, 0.25) is 0 Å². The van der Waals surface area contributed by atoms with E-state index in [0.29, 0.717) is 0 Å². The summed E-state index contributed by atoms with van der Waals surface area (Å²) in [7, 11) is 0. The normalized spacial score (nSPS) is 21.0. The first-order valence-corrected chi connectivity index (χ1v) is 7.83. The molecule has 1 aliphatic rings. The molecule has 1 unspecified atom stereocenters. The molecule has 0 aromatic carbocycles. The van der Waals surface area contributed by atoms with Crippen molar-refractivity contribution in [3.05, 3.63) is 0 Å². The molecule has 0 radical (unpaired) electrons. The molecule has 0 aromatic heterocycles. The van der Waals surface area contributed by atoms with E-state index in [1.54, 1.807) is 0 Å². The van der Waals surface area contributed by atoms with Gasteiger partial charge in [-0.1, -0.05) is 46.0 Å². The predicted molar refractivity (Wildman–Crippen MR) is 76.5 cm³/mol. The van der Waals surface area contributed by atoms with Gasteiger partial charge in [0.05, 0.1) is 0 Å². The molecule has 17 heavy (non-hydrogen) atoms. The molecule has 1 fully saturated rings. The lowest BCUT2D eigenvalue weighted by Crippen LogP contribution is -2.46. The summed E-state index contributed by atoms with van der Waals surface area (Å²) >= 11 is 0. The Labute approximate surface area is 108 Å². The van der Waals surface area contributed by atoms with Crippen LogP contribution < -0.4 is 5.32 Å². The van der Waals surface area contributed by atoms with Crippen LogP contribution in [-0.2, 0) is 0 Å². The van der Waals surface area contributed by atoms with Gasteiger partial charge >= 0.3 is 0 Å². The minimum atomic E-state index is 0.810. The maximum atomic E-state index is 3.53. The van der Waals surface area contributed by atoms with Gasteiger partial charge in [0.25, 0.3) is 0 Å². The first-order chi connectivity index (χ1) is 8.38. The highest BCUT2D eigenvalue weighted by Crippen LogP contribution is 2.12. The van der Waals surface area contributed by atoms with Crippen LogP contribution in [0, 0.1) is 0 Å². The molecule has 2 nitrogen and oxygen atoms in total. The topological polar surface area (TPSA) is 15.3 Å². The Morgan fingerprint density at radius 2 is 1.82 bits per heavy atom. The number of rotatable bonds is 9. The van der Waals surface area contributed by atoms with Gasteiger partial charge in [-0.25, -0.2) is 0 Å². The molecule has 1 aliphatic heterocycles. The minimum Gasteiger partial charge on any atom is -0.315 e. The molecule has 1 saturated heterocycles. The third kappa shape index (κ3) is 6.42. The molecule has 0 amide bonds. The number of likely N-dealkylation sites (N-methyl/N-ethyl adjacent to an activating group) is 1. The fourth-order valence-electron chi connectivity index (χ4n) is 2.84. The maximum Gasteiger partial charge on any atom is 0.0220 e. The molecule has 0 aliphatic carbocycles. The summed E-state index contributed by atoms with van der Waals surface area (Å²) < 4.78 is 0. The summed E-state index contributed by atoms with van der Waals surface area (Å²) in [5.74, 6) is 0. The lowest BCUT2D eigenvalue weighted by molar-refractivity contribution is 0.170. The Bertz CT molecular complexity index is 164. The van der Waals surface area contributed by atoms with Crippen molar-refractivity contribution in [1.82, 2.24) is 10.2 Å². The molecule has 0 saturated carbocycles. The van der Waals surface area contributed by atoms with Crippen molar-refractivity contribution in [3.63, 3.8) is 0 Å². The molecule has 2 heteroatoms. The van der Waals surface area contributed by atoms with E-state index in [-0.39, 0.29) is 0 Å². The second kappa shape index (κ2) is 9.90. The average molecular weight is 240 g/mol. The number of hydrogen-bond acceptors (Lipinski definition) is 2. The molecule has 1 N–H and O–H groups in total. The van der Waals surface area contributed by atoms with Gasteiger partial charge in [-0.3, -0.25) is 4.90 Å². The Morgan fingerprint density at radius 3 is 2.47 bits per heavy atom. The van der Waals surface area contributed by atoms with Crippen LogP contribution in [0.15, 0.2) is 0 Å². The van der Waals surface area contributed by atoms with Crippen molar-refractivity contribution >= 4 is 0 Å². The van der Waals surface area contributed by atoms with E-state index in [0.717, 1.165) is 6.04 Å². The lowest BCUT2D eigenvalue weighted by atomic mass is 10.0. The monoisotopic (exact) mass is 240 g/mol. The average Bonchev–Trinajstić information content (AvgIpc) is 2.39. The maximum absolute atomic E-state index is 3.53. The quantitative estimate of drug-likeness (QED) is 0.621. The van der Waals surface area contributed by atoms with Crippen LogP contribution >= 0.6 is 0 Å². The summed E-state index contributed by atoms with van der Waals surface area (Å²) in [6.07, 6.45) is 11.2. The summed E-state index contributed by atoms with van der Waals surface area (Å²) in [5, 5.41) is 3.53. The number of unbranched alkanes of at least 4 members (excludes halogenated alkanes) is 5. The molecular formula is C15H32N2. The highest BCUT2D eigenvalue weighted by Gasteiger charge is 2.18. The zero-order valence-electron chi connectivity index (χ0n) is 12.0. The fraction of sp³-hybridized carbons (Fsp3) is 1.00. The number of hydrogen-bond donors (Lipinski definition) is 1. The van der Waals surface area contributed by atoms with Gasteiger partial charge in [-0.05, 0) is 38.9 Å². The summed E-state index contributed by atoms with van der Waals surface area (Å²) in [6.45, 7) is 9.58. The minimum absolute atomic E-state index is 0.810. The molecule has 0 spiro atoms. The van der Waals surface area contributed by atoms with Crippen LogP contribution in [0.3, 0.4) is 0 Å². The van der Waals surface area contributed by atoms with Gasteiger partial charge in [0, 0.05) is 12.6 Å². The van der Waals surface area contributed by atoms with E-state index in [2.05, 4.69) is 24.1 Å². The largest absolute Gasteiger partial charge is 0.315 e. The molecule has 1 rings (SSSR count). The summed E-state index contributed by atoms with van der Waals surface area (Å²) in [4.78, 5) is 2.69. The van der Waals surface area contributed by atoms with E-state index in [9.17, 15) is 0 Å². The van der Waals surface area contributed by atoms with Gasteiger partial charge in [-0.15, -0.1) is 0 Å². The Hall–Kier alpha value is -0.0800. The van der Waals surface area contributed by atoms with E-state index >= 15 is 0 Å². The zero-order valence-corrected chi connectivity index (χ0v) is 12.0. The highest BCUT2D eigenvalue weighted by molar-refractivity contribution is 4.77. The first kappa shape index (κ1) is 15.0. The second-order valence-electron chi connectivity index (χ2n) is 5.40. The fourth-order valence-corrected chi connectivity index (χ4v) is 2.84. The molecule has 0 bridgehead atoms. The van der Waals surface area contributed by atoms with E-state index in [4.69, 9.17) is 0 Å². The number of nitrogens with one attached hydrogen (secondary N) is 1. The molecule has 1 heterocycles.